The fourth-order valence-electron chi connectivity index (χ4n) is 5.86. The van der Waals surface area contributed by atoms with Crippen LogP contribution in [0.25, 0.3) is 0 Å². The molecule has 4 aliphatic rings. The van der Waals surface area contributed by atoms with Crippen LogP contribution >= 0.6 is 0 Å². The molecule has 0 bridgehead atoms. The highest BCUT2D eigenvalue weighted by Crippen LogP contribution is 2.43. The number of benzene rings is 1. The molecule has 4 amide bonds. The van der Waals surface area contributed by atoms with Gasteiger partial charge >= 0.3 is 0 Å². The Morgan fingerprint density at radius 1 is 1.03 bits per heavy atom. The zero-order valence-corrected chi connectivity index (χ0v) is 17.5. The Hall–Kier alpha value is -2.58. The molecule has 3 fully saturated rings. The molecule has 0 spiro atoms. The number of nitrogens with one attached hydrogen (secondary N) is 3. The highest BCUT2D eigenvalue weighted by Gasteiger charge is 2.45. The van der Waals surface area contributed by atoms with Gasteiger partial charge in [-0.05, 0) is 61.8 Å². The van der Waals surface area contributed by atoms with Crippen molar-refractivity contribution in [3.05, 3.63) is 34.9 Å². The minimum Gasteiger partial charge on any atom is -0.313 e. The first kappa shape index (κ1) is 20.3. The van der Waals surface area contributed by atoms with E-state index in [0.717, 1.165) is 23.6 Å². The summed E-state index contributed by atoms with van der Waals surface area (Å²) in [5.41, 5.74) is 1.93. The van der Waals surface area contributed by atoms with Gasteiger partial charge in [-0.15, -0.1) is 0 Å². The molecule has 5 rings (SSSR count). The molecule has 1 saturated carbocycles. The lowest BCUT2D eigenvalue weighted by molar-refractivity contribution is -0.136. The molecule has 3 atom stereocenters. The van der Waals surface area contributed by atoms with Crippen LogP contribution in [0.1, 0.15) is 71.2 Å². The lowest BCUT2D eigenvalue weighted by Gasteiger charge is -2.40. The predicted molar refractivity (Wildman–Crippen MR) is 112 cm³/mol. The van der Waals surface area contributed by atoms with Crippen LogP contribution in [-0.2, 0) is 16.1 Å². The van der Waals surface area contributed by atoms with E-state index in [9.17, 15) is 19.2 Å². The number of rotatable bonds is 5. The highest BCUT2D eigenvalue weighted by atomic mass is 16.2. The molecule has 3 N–H and O–H groups in total. The number of carbonyl (C=O) groups is 4. The Morgan fingerprint density at radius 3 is 2.68 bits per heavy atom. The van der Waals surface area contributed by atoms with Gasteiger partial charge in [-0.3, -0.25) is 29.4 Å². The van der Waals surface area contributed by atoms with Crippen LogP contribution in [0, 0.1) is 5.41 Å². The van der Waals surface area contributed by atoms with Crippen LogP contribution in [0.2, 0.25) is 0 Å². The summed E-state index contributed by atoms with van der Waals surface area (Å²) in [5, 5.41) is 9.49. The van der Waals surface area contributed by atoms with Crippen LogP contribution in [-0.4, -0.2) is 53.7 Å². The molecule has 31 heavy (non-hydrogen) atoms. The number of imide groups is 2. The summed E-state index contributed by atoms with van der Waals surface area (Å²) < 4.78 is 0. The molecule has 0 radical (unpaired) electrons. The lowest BCUT2D eigenvalue weighted by Crippen LogP contribution is -2.54. The molecule has 2 saturated heterocycles. The van der Waals surface area contributed by atoms with Crippen molar-refractivity contribution >= 4 is 23.6 Å². The van der Waals surface area contributed by atoms with Crippen LogP contribution in [0.5, 0.6) is 0 Å². The molecule has 1 aromatic carbocycles. The average molecular weight is 425 g/mol. The van der Waals surface area contributed by atoms with Crippen LogP contribution in [0.15, 0.2) is 18.2 Å². The second-order valence-corrected chi connectivity index (χ2v) is 9.30. The number of piperidine rings is 2. The van der Waals surface area contributed by atoms with Gasteiger partial charge in [0.25, 0.3) is 11.8 Å². The molecule has 164 valence electrons. The standard InChI is InChI=1S/C23H28N4O4/c28-19-7-6-17(20(29)26-19)27-21(30)15-5-4-14(11-16(15)22(27)31)12-24-13-23-8-1-3-18(23)25-10-2-9-23/h4-5,11,17-18,24-25H,1-3,6-10,12-13H2,(H,26,28,29). The molecular formula is C23H28N4O4. The molecule has 3 heterocycles. The van der Waals surface area contributed by atoms with Crippen molar-refractivity contribution in [3.8, 4) is 0 Å². The maximum Gasteiger partial charge on any atom is 0.262 e. The van der Waals surface area contributed by atoms with E-state index in [2.05, 4.69) is 16.0 Å². The number of carbonyl (C=O) groups excluding carboxylic acids is 4. The molecule has 1 aromatic rings. The molecule has 8 nitrogen and oxygen atoms in total. The van der Waals surface area contributed by atoms with E-state index in [4.69, 9.17) is 0 Å². The third-order valence-electron chi connectivity index (χ3n) is 7.46. The maximum absolute atomic E-state index is 13.0. The minimum atomic E-state index is -0.927. The van der Waals surface area contributed by atoms with Crippen molar-refractivity contribution in [1.82, 2.24) is 20.9 Å². The van der Waals surface area contributed by atoms with Gasteiger partial charge in [-0.1, -0.05) is 12.5 Å². The van der Waals surface area contributed by atoms with Gasteiger partial charge in [0, 0.05) is 25.6 Å². The van der Waals surface area contributed by atoms with Crippen molar-refractivity contribution in [2.75, 3.05) is 13.1 Å². The molecule has 1 aliphatic carbocycles. The van der Waals surface area contributed by atoms with Gasteiger partial charge in [0.05, 0.1) is 11.1 Å². The van der Waals surface area contributed by atoms with Crippen LogP contribution in [0.4, 0.5) is 0 Å². The van der Waals surface area contributed by atoms with Crippen molar-refractivity contribution in [2.24, 2.45) is 5.41 Å². The van der Waals surface area contributed by atoms with Gasteiger partial charge in [-0.25, -0.2) is 0 Å². The van der Waals surface area contributed by atoms with E-state index in [1.807, 2.05) is 6.07 Å². The first-order valence-corrected chi connectivity index (χ1v) is 11.3. The topological polar surface area (TPSA) is 108 Å². The average Bonchev–Trinajstić information content (AvgIpc) is 3.28. The Bertz CT molecular complexity index is 961. The first-order valence-electron chi connectivity index (χ1n) is 11.3. The third-order valence-corrected chi connectivity index (χ3v) is 7.46. The zero-order chi connectivity index (χ0) is 21.6. The molecular weight excluding hydrogens is 396 g/mol. The third kappa shape index (κ3) is 3.47. The van der Waals surface area contributed by atoms with Crippen molar-refractivity contribution in [1.29, 1.82) is 0 Å². The second-order valence-electron chi connectivity index (χ2n) is 9.30. The highest BCUT2D eigenvalue weighted by molar-refractivity contribution is 6.23. The number of hydrogen-bond donors (Lipinski definition) is 3. The number of nitrogens with zero attached hydrogens (tertiary/aromatic N) is 1. The van der Waals surface area contributed by atoms with E-state index < -0.39 is 23.8 Å². The predicted octanol–water partition coefficient (Wildman–Crippen LogP) is 1.10. The van der Waals surface area contributed by atoms with Gasteiger partial charge in [0.2, 0.25) is 11.8 Å². The van der Waals surface area contributed by atoms with E-state index in [1.54, 1.807) is 12.1 Å². The lowest BCUT2D eigenvalue weighted by atomic mass is 9.76. The van der Waals surface area contributed by atoms with E-state index in [1.165, 1.54) is 32.1 Å². The first-order chi connectivity index (χ1) is 15.0. The summed E-state index contributed by atoms with van der Waals surface area (Å²) in [6, 6.07) is 4.97. The van der Waals surface area contributed by atoms with E-state index in [-0.39, 0.29) is 18.7 Å². The van der Waals surface area contributed by atoms with E-state index >= 15 is 0 Å². The molecule has 0 aromatic heterocycles. The van der Waals surface area contributed by atoms with E-state index in [0.29, 0.717) is 29.1 Å². The fraction of sp³-hybridized carbons (Fsp3) is 0.565. The number of fused-ring (bicyclic) bond motifs is 2. The summed E-state index contributed by atoms with van der Waals surface area (Å²) in [7, 11) is 0. The Kier molecular flexibility index (Phi) is 5.14. The Morgan fingerprint density at radius 2 is 1.84 bits per heavy atom. The molecule has 3 unspecified atom stereocenters. The Labute approximate surface area is 181 Å². The normalized spacial score (nSPS) is 30.4. The molecule has 8 heteroatoms. The van der Waals surface area contributed by atoms with Crippen molar-refractivity contribution < 1.29 is 19.2 Å². The number of amides is 4. The SMILES string of the molecule is O=C1CCC(N2C(=O)c3ccc(CNCC45CCCNC4CCC5)cc3C2=O)C(=O)N1. The quantitative estimate of drug-likeness (QED) is 0.611. The summed E-state index contributed by atoms with van der Waals surface area (Å²) in [4.78, 5) is 50.4. The second kappa shape index (κ2) is 7.84. The summed E-state index contributed by atoms with van der Waals surface area (Å²) >= 11 is 0. The minimum absolute atomic E-state index is 0.122. The zero-order valence-electron chi connectivity index (χ0n) is 17.5. The van der Waals surface area contributed by atoms with Crippen molar-refractivity contribution in [3.63, 3.8) is 0 Å². The largest absolute Gasteiger partial charge is 0.313 e. The van der Waals surface area contributed by atoms with Gasteiger partial charge < -0.3 is 10.6 Å². The van der Waals surface area contributed by atoms with Gasteiger partial charge in [0.15, 0.2) is 0 Å². The van der Waals surface area contributed by atoms with Crippen LogP contribution in [0.3, 0.4) is 0 Å². The fourth-order valence-corrected chi connectivity index (χ4v) is 5.86. The summed E-state index contributed by atoms with van der Waals surface area (Å²) in [6.45, 7) is 2.68. The molecule has 3 aliphatic heterocycles. The van der Waals surface area contributed by atoms with Gasteiger partial charge in [0.1, 0.15) is 6.04 Å². The van der Waals surface area contributed by atoms with Crippen molar-refractivity contribution in [2.45, 2.75) is 63.6 Å². The Balaban J connectivity index is 1.27. The van der Waals surface area contributed by atoms with Gasteiger partial charge in [-0.2, -0.15) is 0 Å². The summed E-state index contributed by atoms with van der Waals surface area (Å²) in [6.07, 6.45) is 6.51. The monoisotopic (exact) mass is 424 g/mol. The maximum atomic E-state index is 13.0. The smallest absolute Gasteiger partial charge is 0.262 e. The summed E-state index contributed by atoms with van der Waals surface area (Å²) in [5.74, 6) is -1.88. The number of hydrogen-bond acceptors (Lipinski definition) is 6. The van der Waals surface area contributed by atoms with Crippen LogP contribution < -0.4 is 16.0 Å².